The summed E-state index contributed by atoms with van der Waals surface area (Å²) >= 11 is 0. The molecule has 0 spiro atoms. The van der Waals surface area contributed by atoms with Crippen molar-refractivity contribution in [2.75, 3.05) is 7.05 Å². The smallest absolute Gasteiger partial charge is 0.0736 e. The van der Waals surface area contributed by atoms with Crippen LogP contribution in [0.2, 0.25) is 0 Å². The SMILES string of the molecule is CN1C2CCC1(C)C(O)C2. The first kappa shape index (κ1) is 6.62. The molecule has 0 amide bonds. The number of likely N-dealkylation sites (N-methyl/N-ethyl adjacent to an activating group) is 1. The van der Waals surface area contributed by atoms with E-state index >= 15 is 0 Å². The zero-order valence-corrected chi connectivity index (χ0v) is 6.67. The molecule has 2 bridgehead atoms. The van der Waals surface area contributed by atoms with Crippen molar-refractivity contribution in [2.45, 2.75) is 43.9 Å². The molecule has 0 radical (unpaired) electrons. The minimum absolute atomic E-state index is 0.0729. The molecule has 2 saturated heterocycles. The molecule has 10 heavy (non-hydrogen) atoms. The summed E-state index contributed by atoms with van der Waals surface area (Å²) in [5.41, 5.74) is 0.116. The van der Waals surface area contributed by atoms with Crippen LogP contribution in [0.4, 0.5) is 0 Å². The van der Waals surface area contributed by atoms with E-state index in [-0.39, 0.29) is 11.6 Å². The molecule has 2 heteroatoms. The van der Waals surface area contributed by atoms with Gasteiger partial charge in [-0.1, -0.05) is 0 Å². The van der Waals surface area contributed by atoms with Gasteiger partial charge in [0.2, 0.25) is 0 Å². The molecule has 0 saturated carbocycles. The molecule has 0 aliphatic carbocycles. The summed E-state index contributed by atoms with van der Waals surface area (Å²) in [6, 6.07) is 0.667. The minimum Gasteiger partial charge on any atom is -0.391 e. The maximum atomic E-state index is 9.61. The van der Waals surface area contributed by atoms with Crippen LogP contribution in [-0.2, 0) is 0 Å². The van der Waals surface area contributed by atoms with Crippen LogP contribution in [0.15, 0.2) is 0 Å². The van der Waals surface area contributed by atoms with Gasteiger partial charge in [0.1, 0.15) is 0 Å². The van der Waals surface area contributed by atoms with Gasteiger partial charge >= 0.3 is 0 Å². The number of hydrogen-bond donors (Lipinski definition) is 1. The monoisotopic (exact) mass is 141 g/mol. The molecule has 2 rings (SSSR count). The molecule has 2 aliphatic rings. The van der Waals surface area contributed by atoms with E-state index in [2.05, 4.69) is 18.9 Å². The van der Waals surface area contributed by atoms with Crippen molar-refractivity contribution >= 4 is 0 Å². The zero-order valence-electron chi connectivity index (χ0n) is 6.67. The Morgan fingerprint density at radius 2 is 2.30 bits per heavy atom. The van der Waals surface area contributed by atoms with Gasteiger partial charge in [-0.2, -0.15) is 0 Å². The van der Waals surface area contributed by atoms with Gasteiger partial charge in [-0.15, -0.1) is 0 Å². The average Bonchev–Trinajstić information content (AvgIpc) is 2.25. The molecule has 1 N–H and O–H groups in total. The second kappa shape index (κ2) is 1.74. The van der Waals surface area contributed by atoms with Crippen molar-refractivity contribution in [3.8, 4) is 0 Å². The Morgan fingerprint density at radius 3 is 2.50 bits per heavy atom. The molecule has 2 fully saturated rings. The van der Waals surface area contributed by atoms with Gasteiger partial charge < -0.3 is 5.11 Å². The van der Waals surface area contributed by atoms with E-state index < -0.39 is 0 Å². The Balaban J connectivity index is 2.29. The number of aliphatic hydroxyl groups excluding tert-OH is 1. The third kappa shape index (κ3) is 0.565. The van der Waals surface area contributed by atoms with Crippen molar-refractivity contribution in [3.63, 3.8) is 0 Å². The molecule has 2 aliphatic heterocycles. The number of hydrogen-bond acceptors (Lipinski definition) is 2. The van der Waals surface area contributed by atoms with Crippen molar-refractivity contribution in [3.05, 3.63) is 0 Å². The van der Waals surface area contributed by atoms with Crippen molar-refractivity contribution in [1.29, 1.82) is 0 Å². The Hall–Kier alpha value is -0.0800. The highest BCUT2D eigenvalue weighted by atomic mass is 16.3. The zero-order chi connectivity index (χ0) is 7.35. The number of fused-ring (bicyclic) bond motifs is 2. The topological polar surface area (TPSA) is 23.5 Å². The van der Waals surface area contributed by atoms with E-state index in [0.29, 0.717) is 6.04 Å². The minimum atomic E-state index is -0.0729. The van der Waals surface area contributed by atoms with Gasteiger partial charge in [0.05, 0.1) is 6.10 Å². The second-order valence-electron chi connectivity index (χ2n) is 3.91. The summed E-state index contributed by atoms with van der Waals surface area (Å²) < 4.78 is 0. The maximum Gasteiger partial charge on any atom is 0.0736 e. The van der Waals surface area contributed by atoms with E-state index in [9.17, 15) is 5.11 Å². The fourth-order valence-electron chi connectivity index (χ4n) is 2.44. The maximum absolute atomic E-state index is 9.61. The first-order chi connectivity index (χ1) is 4.64. The first-order valence-electron chi connectivity index (χ1n) is 4.05. The lowest BCUT2D eigenvalue weighted by Gasteiger charge is -2.30. The van der Waals surface area contributed by atoms with E-state index in [1.165, 1.54) is 12.8 Å². The van der Waals surface area contributed by atoms with Gasteiger partial charge in [0.15, 0.2) is 0 Å². The van der Waals surface area contributed by atoms with Gasteiger partial charge in [0, 0.05) is 11.6 Å². The van der Waals surface area contributed by atoms with Crippen molar-refractivity contribution < 1.29 is 5.11 Å². The van der Waals surface area contributed by atoms with Crippen LogP contribution in [-0.4, -0.2) is 34.7 Å². The van der Waals surface area contributed by atoms with E-state index in [0.717, 1.165) is 6.42 Å². The quantitative estimate of drug-likeness (QED) is 0.534. The predicted molar refractivity (Wildman–Crippen MR) is 39.8 cm³/mol. The molecule has 3 unspecified atom stereocenters. The van der Waals surface area contributed by atoms with Crippen LogP contribution in [0, 0.1) is 0 Å². The molecule has 58 valence electrons. The third-order valence-electron chi connectivity index (χ3n) is 3.55. The van der Waals surface area contributed by atoms with Gasteiger partial charge in [-0.05, 0) is 33.2 Å². The van der Waals surface area contributed by atoms with E-state index in [1.54, 1.807) is 0 Å². The fraction of sp³-hybridized carbons (Fsp3) is 1.00. The second-order valence-corrected chi connectivity index (χ2v) is 3.91. The molecular weight excluding hydrogens is 126 g/mol. The Morgan fingerprint density at radius 1 is 1.60 bits per heavy atom. The van der Waals surface area contributed by atoms with Crippen LogP contribution in [0.1, 0.15) is 26.2 Å². The molecule has 0 aromatic rings. The van der Waals surface area contributed by atoms with Crippen LogP contribution >= 0.6 is 0 Å². The lowest BCUT2D eigenvalue weighted by Crippen LogP contribution is -2.42. The molecule has 0 aromatic heterocycles. The standard InChI is InChI=1S/C8H15NO/c1-8-4-3-6(9(8)2)5-7(8)10/h6-7,10H,3-5H2,1-2H3. The Labute approximate surface area is 61.8 Å². The van der Waals surface area contributed by atoms with E-state index in [1.807, 2.05) is 0 Å². The van der Waals surface area contributed by atoms with Crippen LogP contribution in [0.3, 0.4) is 0 Å². The molecule has 2 nitrogen and oxygen atoms in total. The van der Waals surface area contributed by atoms with Crippen molar-refractivity contribution in [1.82, 2.24) is 4.90 Å². The summed E-state index contributed by atoms with van der Waals surface area (Å²) in [4.78, 5) is 2.34. The highest BCUT2D eigenvalue weighted by Gasteiger charge is 2.52. The summed E-state index contributed by atoms with van der Waals surface area (Å²) in [5.74, 6) is 0. The summed E-state index contributed by atoms with van der Waals surface area (Å²) in [6.07, 6.45) is 3.38. The third-order valence-corrected chi connectivity index (χ3v) is 3.55. The van der Waals surface area contributed by atoms with Crippen LogP contribution < -0.4 is 0 Å². The summed E-state index contributed by atoms with van der Waals surface area (Å²) in [6.45, 7) is 2.17. The number of nitrogens with zero attached hydrogens (tertiary/aromatic N) is 1. The van der Waals surface area contributed by atoms with Gasteiger partial charge in [-0.3, -0.25) is 4.90 Å². The number of rotatable bonds is 0. The van der Waals surface area contributed by atoms with Crippen LogP contribution in [0.25, 0.3) is 0 Å². The van der Waals surface area contributed by atoms with Gasteiger partial charge in [-0.25, -0.2) is 0 Å². The molecule has 0 aromatic carbocycles. The lowest BCUT2D eigenvalue weighted by molar-refractivity contribution is 0.0614. The largest absolute Gasteiger partial charge is 0.391 e. The molecular formula is C8H15NO. The first-order valence-corrected chi connectivity index (χ1v) is 4.05. The highest BCUT2D eigenvalue weighted by Crippen LogP contribution is 2.44. The summed E-state index contributed by atoms with van der Waals surface area (Å²) in [5, 5.41) is 9.61. The normalized spacial score (nSPS) is 54.3. The molecule has 3 atom stereocenters. The van der Waals surface area contributed by atoms with E-state index in [4.69, 9.17) is 0 Å². The van der Waals surface area contributed by atoms with Crippen molar-refractivity contribution in [2.24, 2.45) is 0 Å². The lowest BCUT2D eigenvalue weighted by atomic mass is 9.87. The Bertz CT molecular complexity index is 159. The fourth-order valence-corrected chi connectivity index (χ4v) is 2.44. The average molecular weight is 141 g/mol. The summed E-state index contributed by atoms with van der Waals surface area (Å²) in [7, 11) is 2.13. The Kier molecular flexibility index (Phi) is 1.15. The predicted octanol–water partition coefficient (Wildman–Crippen LogP) is 0.604. The molecule has 2 heterocycles. The van der Waals surface area contributed by atoms with Crippen LogP contribution in [0.5, 0.6) is 0 Å². The number of aliphatic hydroxyl groups is 1. The highest BCUT2D eigenvalue weighted by molar-refractivity contribution is 5.08. The van der Waals surface area contributed by atoms with Gasteiger partial charge in [0.25, 0.3) is 0 Å².